The van der Waals surface area contributed by atoms with Crippen molar-refractivity contribution in [2.45, 2.75) is 63.1 Å². The van der Waals surface area contributed by atoms with Gasteiger partial charge in [0.15, 0.2) is 0 Å². The van der Waals surface area contributed by atoms with Crippen molar-refractivity contribution in [1.82, 2.24) is 10.2 Å². The lowest BCUT2D eigenvalue weighted by Gasteiger charge is -2.33. The predicted molar refractivity (Wildman–Crippen MR) is 169 cm³/mol. The molecule has 4 rings (SSSR count). The van der Waals surface area contributed by atoms with Gasteiger partial charge >= 0.3 is 0 Å². The van der Waals surface area contributed by atoms with Gasteiger partial charge in [0.05, 0.1) is 10.6 Å². The molecule has 1 unspecified atom stereocenters. The Balaban J connectivity index is 1.74. The van der Waals surface area contributed by atoms with Crippen LogP contribution in [0.5, 0.6) is 0 Å². The molecule has 2 amide bonds. The van der Waals surface area contributed by atoms with Gasteiger partial charge in [0.1, 0.15) is 12.6 Å². The van der Waals surface area contributed by atoms with Crippen LogP contribution < -0.4 is 9.62 Å². The van der Waals surface area contributed by atoms with Crippen molar-refractivity contribution < 1.29 is 18.0 Å². The molecule has 1 N–H and O–H groups in total. The maximum Gasteiger partial charge on any atom is 0.264 e. The number of hydrogen-bond donors (Lipinski definition) is 1. The zero-order valence-electron chi connectivity index (χ0n) is 23.1. The number of rotatable bonds is 10. The van der Waals surface area contributed by atoms with Crippen LogP contribution in [0.1, 0.15) is 43.7 Å². The number of anilines is 1. The minimum atomic E-state index is -4.27. The summed E-state index contributed by atoms with van der Waals surface area (Å²) in [5.41, 5.74) is 1.40. The standard InChI is InChI=1S/C30H31Cl4N3O4S/c1-19-10-12-25(13-11-19)42(40,41)37(24-15-21(31)14-22(32)16-24)18-29(38)36(17-26-27(33)8-5-9-28(26)34)20(2)30(39)35-23-6-3-4-7-23/h5,8-16,20,23H,3-4,6-7,17-18H2,1-2H3,(H,35,39). The van der Waals surface area contributed by atoms with Gasteiger partial charge in [0, 0.05) is 38.2 Å². The first-order valence-electron chi connectivity index (χ1n) is 13.4. The first-order valence-corrected chi connectivity index (χ1v) is 16.4. The Kier molecular flexibility index (Phi) is 10.7. The molecule has 12 heteroatoms. The third-order valence-corrected chi connectivity index (χ3v) is 10.2. The van der Waals surface area contributed by atoms with Gasteiger partial charge in [-0.1, -0.05) is 83.0 Å². The average molecular weight is 671 g/mol. The Morgan fingerprint density at radius 3 is 2.07 bits per heavy atom. The van der Waals surface area contributed by atoms with Crippen LogP contribution in [0.3, 0.4) is 0 Å². The van der Waals surface area contributed by atoms with Crippen molar-refractivity contribution in [2.75, 3.05) is 10.8 Å². The molecule has 0 aliphatic heterocycles. The zero-order chi connectivity index (χ0) is 30.6. The summed E-state index contributed by atoms with van der Waals surface area (Å²) in [7, 11) is -4.27. The molecule has 0 radical (unpaired) electrons. The molecule has 1 aliphatic carbocycles. The summed E-state index contributed by atoms with van der Waals surface area (Å²) in [6.45, 7) is 2.67. The van der Waals surface area contributed by atoms with Crippen molar-refractivity contribution in [3.8, 4) is 0 Å². The summed E-state index contributed by atoms with van der Waals surface area (Å²) in [6.07, 6.45) is 3.76. The summed E-state index contributed by atoms with van der Waals surface area (Å²) in [5.74, 6) is -0.996. The van der Waals surface area contributed by atoms with E-state index in [9.17, 15) is 18.0 Å². The zero-order valence-corrected chi connectivity index (χ0v) is 27.0. The number of hydrogen-bond acceptors (Lipinski definition) is 4. The van der Waals surface area contributed by atoms with E-state index in [2.05, 4.69) is 5.32 Å². The quantitative estimate of drug-likeness (QED) is 0.246. The number of amides is 2. The average Bonchev–Trinajstić information content (AvgIpc) is 3.43. The summed E-state index contributed by atoms with van der Waals surface area (Å²) < 4.78 is 28.9. The molecular formula is C30H31Cl4N3O4S. The molecule has 1 atom stereocenters. The van der Waals surface area contributed by atoms with E-state index in [0.717, 1.165) is 35.6 Å². The fourth-order valence-electron chi connectivity index (χ4n) is 4.88. The smallest absolute Gasteiger partial charge is 0.264 e. The Morgan fingerprint density at radius 1 is 0.929 bits per heavy atom. The second-order valence-electron chi connectivity index (χ2n) is 10.3. The summed E-state index contributed by atoms with van der Waals surface area (Å²) in [5, 5.41) is 4.04. The molecule has 224 valence electrons. The summed E-state index contributed by atoms with van der Waals surface area (Å²) in [6, 6.07) is 14.6. The molecule has 42 heavy (non-hydrogen) atoms. The van der Waals surface area contributed by atoms with Crippen molar-refractivity contribution in [1.29, 1.82) is 0 Å². The minimum Gasteiger partial charge on any atom is -0.352 e. The van der Waals surface area contributed by atoms with Gasteiger partial charge in [0.2, 0.25) is 11.8 Å². The lowest BCUT2D eigenvalue weighted by Crippen LogP contribution is -2.52. The van der Waals surface area contributed by atoms with Crippen LogP contribution in [0.25, 0.3) is 0 Å². The fraction of sp³-hybridized carbons (Fsp3) is 0.333. The topological polar surface area (TPSA) is 86.8 Å². The molecule has 3 aromatic rings. The van der Waals surface area contributed by atoms with Crippen LogP contribution in [0, 0.1) is 6.92 Å². The highest BCUT2D eigenvalue weighted by Crippen LogP contribution is 2.31. The number of carbonyl (C=O) groups excluding carboxylic acids is 2. The van der Waals surface area contributed by atoms with Gasteiger partial charge in [0.25, 0.3) is 10.0 Å². The van der Waals surface area contributed by atoms with E-state index < -0.39 is 28.5 Å². The number of benzene rings is 3. The third kappa shape index (κ3) is 7.71. The molecule has 0 spiro atoms. The molecule has 3 aromatic carbocycles. The van der Waals surface area contributed by atoms with Gasteiger partial charge in [-0.3, -0.25) is 13.9 Å². The Morgan fingerprint density at radius 2 is 1.50 bits per heavy atom. The van der Waals surface area contributed by atoms with E-state index in [4.69, 9.17) is 46.4 Å². The third-order valence-electron chi connectivity index (χ3n) is 7.28. The highest BCUT2D eigenvalue weighted by Gasteiger charge is 2.34. The fourth-order valence-corrected chi connectivity index (χ4v) is 7.31. The largest absolute Gasteiger partial charge is 0.352 e. The normalized spacial score (nSPS) is 14.4. The monoisotopic (exact) mass is 669 g/mol. The minimum absolute atomic E-state index is 0.0211. The van der Waals surface area contributed by atoms with E-state index in [1.54, 1.807) is 37.3 Å². The molecule has 1 aliphatic rings. The maximum absolute atomic E-state index is 14.1. The van der Waals surface area contributed by atoms with Gasteiger partial charge in [-0.25, -0.2) is 8.42 Å². The van der Waals surface area contributed by atoms with Crippen molar-refractivity contribution in [3.05, 3.63) is 91.9 Å². The number of halogens is 4. The highest BCUT2D eigenvalue weighted by atomic mass is 35.5. The molecular weight excluding hydrogens is 640 g/mol. The number of carbonyl (C=O) groups is 2. The van der Waals surface area contributed by atoms with Crippen molar-refractivity contribution >= 4 is 73.9 Å². The Labute approximate surface area is 266 Å². The van der Waals surface area contributed by atoms with Crippen LogP contribution >= 0.6 is 46.4 Å². The van der Waals surface area contributed by atoms with Crippen molar-refractivity contribution in [3.63, 3.8) is 0 Å². The molecule has 7 nitrogen and oxygen atoms in total. The van der Waals surface area contributed by atoms with Gasteiger partial charge in [-0.05, 0) is 69.2 Å². The molecule has 1 fully saturated rings. The van der Waals surface area contributed by atoms with Crippen molar-refractivity contribution in [2.24, 2.45) is 0 Å². The molecule has 0 heterocycles. The number of aryl methyl sites for hydroxylation is 1. The van der Waals surface area contributed by atoms with E-state index >= 15 is 0 Å². The SMILES string of the molecule is Cc1ccc(S(=O)(=O)N(CC(=O)N(Cc2c(Cl)cccc2Cl)C(C)C(=O)NC2CCCC2)c2cc(Cl)cc(Cl)c2)cc1. The second-order valence-corrected chi connectivity index (χ2v) is 13.9. The predicted octanol–water partition coefficient (Wildman–Crippen LogP) is 7.28. The molecule has 0 saturated heterocycles. The molecule has 0 bridgehead atoms. The van der Waals surface area contributed by atoms with E-state index in [1.165, 1.54) is 35.2 Å². The van der Waals surface area contributed by atoms with Gasteiger partial charge in [-0.2, -0.15) is 0 Å². The van der Waals surface area contributed by atoms with E-state index in [1.807, 2.05) is 6.92 Å². The lowest BCUT2D eigenvalue weighted by atomic mass is 10.1. The maximum atomic E-state index is 14.1. The number of nitrogens with zero attached hydrogens (tertiary/aromatic N) is 2. The van der Waals surface area contributed by atoms with Gasteiger partial charge in [-0.15, -0.1) is 0 Å². The number of nitrogens with one attached hydrogen (secondary N) is 1. The second kappa shape index (κ2) is 13.9. The summed E-state index contributed by atoms with van der Waals surface area (Å²) in [4.78, 5) is 28.8. The highest BCUT2D eigenvalue weighted by molar-refractivity contribution is 7.92. The molecule has 0 aromatic heterocycles. The Hall–Kier alpha value is -2.49. The van der Waals surface area contributed by atoms with Crippen LogP contribution in [0.4, 0.5) is 5.69 Å². The first kappa shape index (κ1) is 32.4. The lowest BCUT2D eigenvalue weighted by molar-refractivity contribution is -0.139. The van der Waals surface area contributed by atoms with Crippen LogP contribution in [0.2, 0.25) is 20.1 Å². The first-order chi connectivity index (χ1) is 19.9. The number of sulfonamides is 1. The van der Waals surface area contributed by atoms with Gasteiger partial charge < -0.3 is 10.2 Å². The van der Waals surface area contributed by atoms with Crippen LogP contribution in [-0.2, 0) is 26.2 Å². The Bertz CT molecular complexity index is 1520. The van der Waals surface area contributed by atoms with E-state index in [-0.39, 0.29) is 39.1 Å². The summed E-state index contributed by atoms with van der Waals surface area (Å²) >= 11 is 25.4. The van der Waals surface area contributed by atoms with Crippen LogP contribution in [0.15, 0.2) is 65.6 Å². The van der Waals surface area contributed by atoms with E-state index in [0.29, 0.717) is 15.6 Å². The molecule has 1 saturated carbocycles. The van der Waals surface area contributed by atoms with Crippen LogP contribution in [-0.4, -0.2) is 43.8 Å².